The highest BCUT2D eigenvalue weighted by Crippen LogP contribution is 2.34. The molecule has 1 aliphatic heterocycles. The van der Waals surface area contributed by atoms with Crippen molar-refractivity contribution in [1.82, 2.24) is 4.90 Å². The lowest BCUT2D eigenvalue weighted by atomic mass is 9.76. The Bertz CT molecular complexity index is 293. The minimum absolute atomic E-state index is 0.192. The summed E-state index contributed by atoms with van der Waals surface area (Å²) in [4.78, 5) is 14.1. The largest absolute Gasteiger partial charge is 0.393 e. The van der Waals surface area contributed by atoms with Gasteiger partial charge in [0.05, 0.1) is 25.7 Å². The lowest BCUT2D eigenvalue weighted by Crippen LogP contribution is -2.50. The fourth-order valence-electron chi connectivity index (χ4n) is 3.33. The molecule has 0 bridgehead atoms. The third kappa shape index (κ3) is 3.04. The number of hydrogen-bond donors (Lipinski definition) is 1. The first-order valence-corrected chi connectivity index (χ1v) is 7.15. The van der Waals surface area contributed by atoms with Gasteiger partial charge in [-0.3, -0.25) is 4.79 Å². The van der Waals surface area contributed by atoms with Gasteiger partial charge >= 0.3 is 0 Å². The zero-order valence-electron chi connectivity index (χ0n) is 11.5. The fraction of sp³-hybridized carbons (Fsp3) is 0.929. The van der Waals surface area contributed by atoms with E-state index in [1.165, 1.54) is 0 Å². The first-order chi connectivity index (χ1) is 8.59. The topological polar surface area (TPSA) is 49.8 Å². The molecule has 1 N–H and O–H groups in total. The molecule has 0 aromatic heterocycles. The maximum absolute atomic E-state index is 12.2. The molecule has 1 heterocycles. The van der Waals surface area contributed by atoms with Crippen LogP contribution in [0.25, 0.3) is 0 Å². The molecular formula is C14H25NO3. The average Bonchev–Trinajstić information content (AvgIpc) is 2.53. The molecule has 2 fully saturated rings. The Kier molecular flexibility index (Phi) is 4.62. The van der Waals surface area contributed by atoms with Gasteiger partial charge in [-0.15, -0.1) is 0 Å². The minimum Gasteiger partial charge on any atom is -0.393 e. The number of nitrogens with zero attached hydrogens (tertiary/aromatic N) is 1. The molecule has 2 rings (SSSR count). The van der Waals surface area contributed by atoms with Crippen LogP contribution in [0.1, 0.15) is 39.5 Å². The lowest BCUT2D eigenvalue weighted by molar-refractivity contribution is -0.136. The van der Waals surface area contributed by atoms with Crippen molar-refractivity contribution in [3.05, 3.63) is 0 Å². The SMILES string of the molecule is CC(C)C1CCC(O)CC1N1CCOCCC1=O. The van der Waals surface area contributed by atoms with Crippen molar-refractivity contribution >= 4 is 5.91 Å². The van der Waals surface area contributed by atoms with Crippen molar-refractivity contribution in [1.29, 1.82) is 0 Å². The Morgan fingerprint density at radius 2 is 2.11 bits per heavy atom. The molecule has 1 aliphatic carbocycles. The van der Waals surface area contributed by atoms with E-state index in [-0.39, 0.29) is 18.1 Å². The summed E-state index contributed by atoms with van der Waals surface area (Å²) >= 11 is 0. The highest BCUT2D eigenvalue weighted by Gasteiger charge is 2.37. The number of aliphatic hydroxyl groups excluding tert-OH is 1. The zero-order valence-corrected chi connectivity index (χ0v) is 11.5. The van der Waals surface area contributed by atoms with E-state index in [1.54, 1.807) is 0 Å². The number of rotatable bonds is 2. The number of ether oxygens (including phenoxy) is 1. The van der Waals surface area contributed by atoms with E-state index >= 15 is 0 Å². The molecule has 2 aliphatic rings. The third-order valence-electron chi connectivity index (χ3n) is 4.35. The van der Waals surface area contributed by atoms with Crippen LogP contribution in [0.2, 0.25) is 0 Å². The van der Waals surface area contributed by atoms with Crippen molar-refractivity contribution < 1.29 is 14.6 Å². The second-order valence-corrected chi connectivity index (χ2v) is 5.89. The van der Waals surface area contributed by atoms with Crippen molar-refractivity contribution in [2.24, 2.45) is 11.8 Å². The first-order valence-electron chi connectivity index (χ1n) is 7.15. The molecule has 1 saturated heterocycles. The van der Waals surface area contributed by atoms with E-state index < -0.39 is 0 Å². The van der Waals surface area contributed by atoms with Gasteiger partial charge in [0.1, 0.15) is 0 Å². The predicted octanol–water partition coefficient (Wildman–Crippen LogP) is 1.42. The quantitative estimate of drug-likeness (QED) is 0.812. The van der Waals surface area contributed by atoms with Crippen LogP contribution in [-0.2, 0) is 9.53 Å². The van der Waals surface area contributed by atoms with Crippen LogP contribution in [0.5, 0.6) is 0 Å². The molecule has 0 spiro atoms. The van der Waals surface area contributed by atoms with Gasteiger partial charge in [0, 0.05) is 12.6 Å². The molecule has 0 radical (unpaired) electrons. The summed E-state index contributed by atoms with van der Waals surface area (Å²) < 4.78 is 5.38. The number of carbonyl (C=O) groups excluding carboxylic acids is 1. The monoisotopic (exact) mass is 255 g/mol. The number of aliphatic hydroxyl groups is 1. The van der Waals surface area contributed by atoms with Gasteiger partial charge < -0.3 is 14.7 Å². The van der Waals surface area contributed by atoms with Gasteiger partial charge in [-0.2, -0.15) is 0 Å². The molecule has 4 heteroatoms. The van der Waals surface area contributed by atoms with Crippen molar-refractivity contribution in [3.63, 3.8) is 0 Å². The molecule has 3 unspecified atom stereocenters. The second-order valence-electron chi connectivity index (χ2n) is 5.89. The minimum atomic E-state index is -0.248. The molecule has 4 nitrogen and oxygen atoms in total. The summed E-state index contributed by atoms with van der Waals surface area (Å²) in [5.74, 6) is 1.26. The Morgan fingerprint density at radius 1 is 1.33 bits per heavy atom. The van der Waals surface area contributed by atoms with Crippen LogP contribution in [0.3, 0.4) is 0 Å². The molecular weight excluding hydrogens is 230 g/mol. The Labute approximate surface area is 109 Å². The summed E-state index contributed by atoms with van der Waals surface area (Å²) in [7, 11) is 0. The number of hydrogen-bond acceptors (Lipinski definition) is 3. The van der Waals surface area contributed by atoms with Gasteiger partial charge in [0.2, 0.25) is 5.91 Å². The smallest absolute Gasteiger partial charge is 0.225 e. The van der Waals surface area contributed by atoms with Crippen LogP contribution in [0, 0.1) is 11.8 Å². The van der Waals surface area contributed by atoms with Crippen LogP contribution in [-0.4, -0.2) is 47.8 Å². The molecule has 104 valence electrons. The zero-order chi connectivity index (χ0) is 13.1. The molecule has 3 atom stereocenters. The summed E-state index contributed by atoms with van der Waals surface area (Å²) in [5.41, 5.74) is 0. The van der Waals surface area contributed by atoms with E-state index in [0.717, 1.165) is 19.3 Å². The van der Waals surface area contributed by atoms with Crippen LogP contribution in [0.15, 0.2) is 0 Å². The highest BCUT2D eigenvalue weighted by molar-refractivity contribution is 5.76. The molecule has 1 amide bonds. The van der Waals surface area contributed by atoms with E-state index in [2.05, 4.69) is 13.8 Å². The van der Waals surface area contributed by atoms with E-state index in [1.807, 2.05) is 4.90 Å². The van der Waals surface area contributed by atoms with E-state index in [9.17, 15) is 9.90 Å². The summed E-state index contributed by atoms with van der Waals surface area (Å²) in [5, 5.41) is 9.90. The first kappa shape index (κ1) is 13.8. The molecule has 0 aromatic carbocycles. The summed E-state index contributed by atoms with van der Waals surface area (Å²) in [6, 6.07) is 0.197. The van der Waals surface area contributed by atoms with Gasteiger partial charge in [0.25, 0.3) is 0 Å². The van der Waals surface area contributed by atoms with Crippen LogP contribution < -0.4 is 0 Å². The van der Waals surface area contributed by atoms with Gasteiger partial charge in [0.15, 0.2) is 0 Å². The van der Waals surface area contributed by atoms with Crippen molar-refractivity contribution in [2.75, 3.05) is 19.8 Å². The molecule has 1 saturated carbocycles. The van der Waals surface area contributed by atoms with E-state index in [4.69, 9.17) is 4.74 Å². The van der Waals surface area contributed by atoms with E-state index in [0.29, 0.717) is 38.0 Å². The standard InChI is InChI=1S/C14H25NO3/c1-10(2)12-4-3-11(16)9-13(12)15-6-8-18-7-5-14(15)17/h10-13,16H,3-9H2,1-2H3. The van der Waals surface area contributed by atoms with Gasteiger partial charge in [-0.1, -0.05) is 13.8 Å². The Balaban J connectivity index is 2.12. The highest BCUT2D eigenvalue weighted by atomic mass is 16.5. The van der Waals surface area contributed by atoms with Gasteiger partial charge in [-0.05, 0) is 31.1 Å². The summed E-state index contributed by atoms with van der Waals surface area (Å²) in [6.45, 7) is 6.28. The Morgan fingerprint density at radius 3 is 2.83 bits per heavy atom. The third-order valence-corrected chi connectivity index (χ3v) is 4.35. The number of amides is 1. The average molecular weight is 255 g/mol. The van der Waals surface area contributed by atoms with Gasteiger partial charge in [-0.25, -0.2) is 0 Å². The number of carbonyl (C=O) groups is 1. The molecule has 0 aromatic rings. The molecule has 18 heavy (non-hydrogen) atoms. The second kappa shape index (κ2) is 6.02. The van der Waals surface area contributed by atoms with Crippen molar-refractivity contribution in [2.45, 2.75) is 51.7 Å². The van der Waals surface area contributed by atoms with Crippen LogP contribution >= 0.6 is 0 Å². The Hall–Kier alpha value is -0.610. The summed E-state index contributed by atoms with van der Waals surface area (Å²) in [6.07, 6.45) is 2.86. The maximum atomic E-state index is 12.2. The fourth-order valence-corrected chi connectivity index (χ4v) is 3.33. The lowest BCUT2D eigenvalue weighted by Gasteiger charge is -2.43. The normalized spacial score (nSPS) is 34.8. The maximum Gasteiger partial charge on any atom is 0.225 e. The van der Waals surface area contributed by atoms with Crippen LogP contribution in [0.4, 0.5) is 0 Å². The van der Waals surface area contributed by atoms with Crippen molar-refractivity contribution in [3.8, 4) is 0 Å². The predicted molar refractivity (Wildman–Crippen MR) is 69.1 cm³/mol.